The van der Waals surface area contributed by atoms with E-state index in [0.29, 0.717) is 5.02 Å². The maximum absolute atomic E-state index is 12.5. The van der Waals surface area contributed by atoms with Gasteiger partial charge in [-0.3, -0.25) is 9.69 Å². The summed E-state index contributed by atoms with van der Waals surface area (Å²) in [4.78, 5) is 16.7. The van der Waals surface area contributed by atoms with Crippen LogP contribution in [0.2, 0.25) is 5.02 Å². The van der Waals surface area contributed by atoms with E-state index in [1.54, 1.807) is 12.3 Å². The van der Waals surface area contributed by atoms with Gasteiger partial charge in [0.25, 0.3) is 0 Å². The van der Waals surface area contributed by atoms with Crippen LogP contribution in [0.3, 0.4) is 0 Å². The average Bonchev–Trinajstić information content (AvgIpc) is 3.08. The molecule has 1 amide bonds. The van der Waals surface area contributed by atoms with Crippen molar-refractivity contribution >= 4 is 23.1 Å². The molecule has 0 spiro atoms. The second-order valence-corrected chi connectivity index (χ2v) is 6.40. The molecular weight excluding hydrogens is 324 g/mol. The van der Waals surface area contributed by atoms with Gasteiger partial charge in [-0.1, -0.05) is 29.8 Å². The Bertz CT molecular complexity index is 717. The Morgan fingerprint density at radius 2 is 1.92 bits per heavy atom. The van der Waals surface area contributed by atoms with Crippen LogP contribution in [-0.4, -0.2) is 41.9 Å². The van der Waals surface area contributed by atoms with Crippen LogP contribution < -0.4 is 0 Å². The number of piperazine rings is 1. The van der Waals surface area contributed by atoms with Gasteiger partial charge < -0.3 is 9.32 Å². The molecule has 1 aromatic heterocycles. The summed E-state index contributed by atoms with van der Waals surface area (Å²) in [6.07, 6.45) is 3.38. The van der Waals surface area contributed by atoms with Gasteiger partial charge in [-0.15, -0.1) is 0 Å². The molecule has 1 aliphatic heterocycles. The van der Waals surface area contributed by atoms with Crippen molar-refractivity contribution in [2.24, 2.45) is 0 Å². The van der Waals surface area contributed by atoms with Crippen LogP contribution >= 0.6 is 11.6 Å². The normalized spacial score (nSPS) is 16.4. The Morgan fingerprint density at radius 3 is 2.58 bits per heavy atom. The highest BCUT2D eigenvalue weighted by Gasteiger charge is 2.20. The van der Waals surface area contributed by atoms with Crippen LogP contribution in [0.1, 0.15) is 18.2 Å². The second kappa shape index (κ2) is 7.69. The van der Waals surface area contributed by atoms with Crippen molar-refractivity contribution in [3.05, 3.63) is 65.1 Å². The van der Waals surface area contributed by atoms with E-state index >= 15 is 0 Å². The number of benzene rings is 1. The number of carbonyl (C=O) groups excluding carboxylic acids is 1. The fourth-order valence-corrected chi connectivity index (χ4v) is 3.17. The molecule has 0 aliphatic carbocycles. The molecule has 1 aromatic carbocycles. The Morgan fingerprint density at radius 1 is 1.17 bits per heavy atom. The highest BCUT2D eigenvalue weighted by molar-refractivity contribution is 6.32. The molecule has 2 heterocycles. The van der Waals surface area contributed by atoms with Crippen molar-refractivity contribution < 1.29 is 9.21 Å². The molecule has 4 nitrogen and oxygen atoms in total. The van der Waals surface area contributed by atoms with E-state index in [0.717, 1.165) is 49.6 Å². The van der Waals surface area contributed by atoms with Crippen LogP contribution in [0.5, 0.6) is 0 Å². The van der Waals surface area contributed by atoms with Gasteiger partial charge in [-0.25, -0.2) is 0 Å². The van der Waals surface area contributed by atoms with E-state index in [1.165, 1.54) is 0 Å². The molecule has 5 heteroatoms. The van der Waals surface area contributed by atoms with E-state index in [2.05, 4.69) is 4.90 Å². The monoisotopic (exact) mass is 344 g/mol. The molecule has 126 valence electrons. The average molecular weight is 345 g/mol. The summed E-state index contributed by atoms with van der Waals surface area (Å²) in [5, 5.41) is 0.669. The number of allylic oxidation sites excluding steroid dienone is 1. The predicted octanol–water partition coefficient (Wildman–Crippen LogP) is 3.68. The van der Waals surface area contributed by atoms with E-state index in [4.69, 9.17) is 16.0 Å². The molecule has 3 rings (SSSR count). The van der Waals surface area contributed by atoms with Gasteiger partial charge in [-0.2, -0.15) is 0 Å². The molecule has 24 heavy (non-hydrogen) atoms. The fraction of sp³-hybridized carbons (Fsp3) is 0.316. The Hall–Kier alpha value is -2.04. The summed E-state index contributed by atoms with van der Waals surface area (Å²) in [5.74, 6) is 1.01. The largest absolute Gasteiger partial charge is 0.468 e. The van der Waals surface area contributed by atoms with Crippen molar-refractivity contribution in [2.45, 2.75) is 13.5 Å². The van der Waals surface area contributed by atoms with Crippen LogP contribution in [-0.2, 0) is 11.3 Å². The zero-order chi connectivity index (χ0) is 16.9. The molecule has 0 N–H and O–H groups in total. The number of hydrogen-bond acceptors (Lipinski definition) is 3. The van der Waals surface area contributed by atoms with Crippen LogP contribution in [0.25, 0.3) is 5.57 Å². The number of nitrogens with zero attached hydrogens (tertiary/aromatic N) is 2. The lowest BCUT2D eigenvalue weighted by molar-refractivity contribution is -0.127. The number of furan rings is 1. The minimum absolute atomic E-state index is 0.0464. The van der Waals surface area contributed by atoms with Crippen LogP contribution in [0, 0.1) is 0 Å². The van der Waals surface area contributed by atoms with Gasteiger partial charge in [0, 0.05) is 37.3 Å². The first-order valence-electron chi connectivity index (χ1n) is 8.10. The Balaban J connectivity index is 1.57. The maximum atomic E-state index is 12.5. The quantitative estimate of drug-likeness (QED) is 0.794. The molecule has 0 radical (unpaired) electrons. The predicted molar refractivity (Wildman–Crippen MR) is 95.7 cm³/mol. The summed E-state index contributed by atoms with van der Waals surface area (Å²) in [6.45, 7) is 5.88. The topological polar surface area (TPSA) is 36.7 Å². The van der Waals surface area contributed by atoms with Gasteiger partial charge in [0.1, 0.15) is 5.76 Å². The standard InChI is InChI=1S/C19H21ClN2O2/c1-15(17-6-2-3-7-18(17)20)13-19(23)22-10-8-21(9-11-22)14-16-5-4-12-24-16/h2-7,12-13H,8-11,14H2,1H3/b15-13-. The van der Waals surface area contributed by atoms with E-state index < -0.39 is 0 Å². The first kappa shape index (κ1) is 16.8. The van der Waals surface area contributed by atoms with E-state index in [9.17, 15) is 4.79 Å². The lowest BCUT2D eigenvalue weighted by atomic mass is 10.1. The van der Waals surface area contributed by atoms with E-state index in [-0.39, 0.29) is 5.91 Å². The molecule has 0 unspecified atom stereocenters. The van der Waals surface area contributed by atoms with Crippen molar-refractivity contribution in [1.29, 1.82) is 0 Å². The number of halogens is 1. The summed E-state index contributed by atoms with van der Waals surface area (Å²) < 4.78 is 5.38. The molecule has 1 saturated heterocycles. The molecule has 0 saturated carbocycles. The van der Waals surface area contributed by atoms with E-state index in [1.807, 2.05) is 48.2 Å². The lowest BCUT2D eigenvalue weighted by Gasteiger charge is -2.33. The third kappa shape index (κ3) is 4.08. The summed E-state index contributed by atoms with van der Waals surface area (Å²) >= 11 is 6.19. The van der Waals surface area contributed by atoms with Crippen molar-refractivity contribution in [1.82, 2.24) is 9.80 Å². The summed E-state index contributed by atoms with van der Waals surface area (Å²) in [5.41, 5.74) is 1.80. The molecule has 2 aromatic rings. The highest BCUT2D eigenvalue weighted by atomic mass is 35.5. The SMILES string of the molecule is C/C(=C/C(=O)N1CCN(Cc2ccco2)CC1)c1ccccc1Cl. The zero-order valence-electron chi connectivity index (χ0n) is 13.7. The summed E-state index contributed by atoms with van der Waals surface area (Å²) in [6, 6.07) is 11.5. The Kier molecular flexibility index (Phi) is 5.38. The number of amides is 1. The first-order chi connectivity index (χ1) is 11.6. The van der Waals surface area contributed by atoms with Crippen molar-refractivity contribution in [2.75, 3.05) is 26.2 Å². The fourth-order valence-electron chi connectivity index (χ4n) is 2.88. The third-order valence-electron chi connectivity index (χ3n) is 4.28. The van der Waals surface area contributed by atoms with Gasteiger partial charge in [0.05, 0.1) is 12.8 Å². The second-order valence-electron chi connectivity index (χ2n) is 5.99. The minimum atomic E-state index is 0.0464. The van der Waals surface area contributed by atoms with Crippen molar-refractivity contribution in [3.8, 4) is 0 Å². The first-order valence-corrected chi connectivity index (χ1v) is 8.48. The van der Waals surface area contributed by atoms with Crippen molar-refractivity contribution in [3.63, 3.8) is 0 Å². The maximum Gasteiger partial charge on any atom is 0.246 e. The van der Waals surface area contributed by atoms with Gasteiger partial charge in [0.15, 0.2) is 0 Å². The number of hydrogen-bond donors (Lipinski definition) is 0. The summed E-state index contributed by atoms with van der Waals surface area (Å²) in [7, 11) is 0. The molecule has 0 bridgehead atoms. The van der Waals surface area contributed by atoms with Crippen LogP contribution in [0.4, 0.5) is 0 Å². The highest BCUT2D eigenvalue weighted by Crippen LogP contribution is 2.23. The molecular formula is C19H21ClN2O2. The molecule has 1 aliphatic rings. The zero-order valence-corrected chi connectivity index (χ0v) is 14.5. The van der Waals surface area contributed by atoms with Gasteiger partial charge in [0.2, 0.25) is 5.91 Å². The smallest absolute Gasteiger partial charge is 0.246 e. The molecule has 1 fully saturated rings. The Labute approximate surface area is 147 Å². The number of rotatable bonds is 4. The van der Waals surface area contributed by atoms with Gasteiger partial charge >= 0.3 is 0 Å². The minimum Gasteiger partial charge on any atom is -0.468 e. The molecule has 0 atom stereocenters. The number of carbonyl (C=O) groups is 1. The van der Waals surface area contributed by atoms with Gasteiger partial charge in [-0.05, 0) is 36.3 Å². The third-order valence-corrected chi connectivity index (χ3v) is 4.61. The van der Waals surface area contributed by atoms with Crippen LogP contribution in [0.15, 0.2) is 53.2 Å². The lowest BCUT2D eigenvalue weighted by Crippen LogP contribution is -2.47.